The molecule has 0 bridgehead atoms. The van der Waals surface area contributed by atoms with Gasteiger partial charge in [0, 0.05) is 49.8 Å². The molecule has 2 aromatic rings. The summed E-state index contributed by atoms with van der Waals surface area (Å²) in [7, 11) is 0. The van der Waals surface area contributed by atoms with Gasteiger partial charge in [0.25, 0.3) is 0 Å². The molecule has 1 aliphatic heterocycles. The van der Waals surface area contributed by atoms with Gasteiger partial charge >= 0.3 is 0 Å². The molecule has 0 saturated carbocycles. The molecule has 0 fully saturated rings. The normalized spacial score (nSPS) is 14.7. The highest BCUT2D eigenvalue weighted by molar-refractivity contribution is 5.90. The summed E-state index contributed by atoms with van der Waals surface area (Å²) in [6.45, 7) is 3.45. The first-order valence-corrected chi connectivity index (χ1v) is 7.08. The first-order chi connectivity index (χ1) is 10.2. The zero-order chi connectivity index (χ0) is 14.7. The van der Waals surface area contributed by atoms with E-state index < -0.39 is 0 Å². The zero-order valence-electron chi connectivity index (χ0n) is 11.8. The molecular weight excluding hydrogens is 266 g/mol. The van der Waals surface area contributed by atoms with Crippen LogP contribution in [0.25, 0.3) is 0 Å². The Morgan fingerprint density at radius 2 is 2.10 bits per heavy atom. The van der Waals surface area contributed by atoms with Gasteiger partial charge in [0.1, 0.15) is 5.82 Å². The van der Waals surface area contributed by atoms with Crippen LogP contribution in [0.1, 0.15) is 12.2 Å². The largest absolute Gasteiger partial charge is 0.399 e. The Kier molecular flexibility index (Phi) is 3.87. The molecular formula is C15H19N5O. The average molecular weight is 285 g/mol. The second kappa shape index (κ2) is 5.97. The maximum atomic E-state index is 11.9. The Morgan fingerprint density at radius 3 is 2.90 bits per heavy atom. The van der Waals surface area contributed by atoms with E-state index in [0.717, 1.165) is 37.7 Å². The Labute approximate surface area is 123 Å². The van der Waals surface area contributed by atoms with Crippen molar-refractivity contribution in [3.63, 3.8) is 0 Å². The number of rotatable bonds is 4. The molecule has 1 aliphatic rings. The van der Waals surface area contributed by atoms with Crippen LogP contribution in [-0.2, 0) is 17.9 Å². The third-order valence-corrected chi connectivity index (χ3v) is 3.67. The van der Waals surface area contributed by atoms with E-state index in [1.807, 2.05) is 24.5 Å². The molecule has 2 heterocycles. The maximum Gasteiger partial charge on any atom is 0.225 e. The van der Waals surface area contributed by atoms with E-state index in [0.29, 0.717) is 12.1 Å². The molecule has 0 unspecified atom stereocenters. The fraction of sp³-hybridized carbons (Fsp3) is 0.333. The summed E-state index contributed by atoms with van der Waals surface area (Å²) in [6, 6.07) is 7.18. The lowest BCUT2D eigenvalue weighted by Gasteiger charge is -2.27. The summed E-state index contributed by atoms with van der Waals surface area (Å²) >= 11 is 0. The molecule has 0 aliphatic carbocycles. The number of anilines is 2. The molecule has 0 atom stereocenters. The number of hydrogen-bond acceptors (Lipinski definition) is 4. The Balaban J connectivity index is 1.47. The highest BCUT2D eigenvalue weighted by Crippen LogP contribution is 2.12. The molecule has 0 spiro atoms. The van der Waals surface area contributed by atoms with E-state index in [9.17, 15) is 4.79 Å². The highest BCUT2D eigenvalue weighted by atomic mass is 16.1. The van der Waals surface area contributed by atoms with Gasteiger partial charge in [0.05, 0.1) is 6.54 Å². The average Bonchev–Trinajstić information content (AvgIpc) is 2.95. The van der Waals surface area contributed by atoms with Crippen LogP contribution in [0.3, 0.4) is 0 Å². The number of imidazole rings is 1. The lowest BCUT2D eigenvalue weighted by atomic mass is 10.2. The van der Waals surface area contributed by atoms with Crippen molar-refractivity contribution in [2.24, 2.45) is 0 Å². The summed E-state index contributed by atoms with van der Waals surface area (Å²) in [5.41, 5.74) is 7.09. The summed E-state index contributed by atoms with van der Waals surface area (Å²) in [4.78, 5) is 18.5. The third-order valence-electron chi connectivity index (χ3n) is 3.67. The van der Waals surface area contributed by atoms with Crippen LogP contribution in [0.2, 0.25) is 0 Å². The lowest BCUT2D eigenvalue weighted by molar-refractivity contribution is -0.116. The number of nitrogens with zero attached hydrogens (tertiary/aromatic N) is 3. The second-order valence-electron chi connectivity index (χ2n) is 5.23. The smallest absolute Gasteiger partial charge is 0.225 e. The number of nitrogen functional groups attached to an aromatic ring is 1. The number of carbonyl (C=O) groups is 1. The van der Waals surface area contributed by atoms with Crippen molar-refractivity contribution >= 4 is 17.3 Å². The number of hydrogen-bond donors (Lipinski definition) is 2. The van der Waals surface area contributed by atoms with Crippen LogP contribution in [0, 0.1) is 0 Å². The van der Waals surface area contributed by atoms with Crippen LogP contribution >= 0.6 is 0 Å². The van der Waals surface area contributed by atoms with Crippen molar-refractivity contribution in [2.45, 2.75) is 19.5 Å². The number of nitrogens with two attached hydrogens (primary N) is 1. The fourth-order valence-corrected chi connectivity index (χ4v) is 2.46. The predicted molar refractivity (Wildman–Crippen MR) is 81.6 cm³/mol. The minimum absolute atomic E-state index is 0.0219. The van der Waals surface area contributed by atoms with Crippen LogP contribution in [-0.4, -0.2) is 33.4 Å². The number of fused-ring (bicyclic) bond motifs is 1. The van der Waals surface area contributed by atoms with Crippen molar-refractivity contribution in [1.29, 1.82) is 0 Å². The minimum atomic E-state index is 0.0219. The van der Waals surface area contributed by atoms with E-state index in [1.54, 1.807) is 12.1 Å². The molecule has 1 aromatic heterocycles. The fourth-order valence-electron chi connectivity index (χ4n) is 2.46. The number of nitrogens with one attached hydrogen (secondary N) is 1. The molecule has 3 N–H and O–H groups in total. The third kappa shape index (κ3) is 3.41. The van der Waals surface area contributed by atoms with Crippen molar-refractivity contribution < 1.29 is 4.79 Å². The summed E-state index contributed by atoms with van der Waals surface area (Å²) in [5, 5.41) is 2.88. The number of benzene rings is 1. The van der Waals surface area contributed by atoms with Gasteiger partial charge in [-0.1, -0.05) is 0 Å². The summed E-state index contributed by atoms with van der Waals surface area (Å²) in [5.74, 6) is 1.09. The van der Waals surface area contributed by atoms with Gasteiger partial charge in [-0.3, -0.25) is 9.69 Å². The quantitative estimate of drug-likeness (QED) is 0.830. The molecule has 21 heavy (non-hydrogen) atoms. The topological polar surface area (TPSA) is 76.2 Å². The SMILES string of the molecule is Nc1ccc(NC(=O)CCN2CCn3ccnc3C2)cc1. The van der Waals surface area contributed by atoms with Crippen LogP contribution in [0.15, 0.2) is 36.7 Å². The van der Waals surface area contributed by atoms with Gasteiger partial charge in [0.15, 0.2) is 0 Å². The van der Waals surface area contributed by atoms with Crippen LogP contribution < -0.4 is 11.1 Å². The monoisotopic (exact) mass is 285 g/mol. The molecule has 110 valence electrons. The van der Waals surface area contributed by atoms with Crippen LogP contribution in [0.5, 0.6) is 0 Å². The van der Waals surface area contributed by atoms with E-state index in [2.05, 4.69) is 19.8 Å². The van der Waals surface area contributed by atoms with Crippen molar-refractivity contribution in [2.75, 3.05) is 24.1 Å². The summed E-state index contributed by atoms with van der Waals surface area (Å²) in [6.07, 6.45) is 4.30. The van der Waals surface area contributed by atoms with E-state index in [1.165, 1.54) is 0 Å². The van der Waals surface area contributed by atoms with E-state index in [-0.39, 0.29) is 5.91 Å². The lowest BCUT2D eigenvalue weighted by Crippen LogP contribution is -2.35. The molecule has 0 saturated heterocycles. The van der Waals surface area contributed by atoms with Crippen molar-refractivity contribution in [1.82, 2.24) is 14.5 Å². The maximum absolute atomic E-state index is 11.9. The zero-order valence-corrected chi connectivity index (χ0v) is 11.8. The molecule has 6 nitrogen and oxygen atoms in total. The van der Waals surface area contributed by atoms with Crippen molar-refractivity contribution in [3.8, 4) is 0 Å². The first kappa shape index (κ1) is 13.6. The Morgan fingerprint density at radius 1 is 1.29 bits per heavy atom. The van der Waals surface area contributed by atoms with Gasteiger partial charge in [-0.15, -0.1) is 0 Å². The van der Waals surface area contributed by atoms with Gasteiger partial charge in [-0.2, -0.15) is 0 Å². The number of carbonyl (C=O) groups excluding carboxylic acids is 1. The Hall–Kier alpha value is -2.34. The predicted octanol–water partition coefficient (Wildman–Crippen LogP) is 1.31. The summed E-state index contributed by atoms with van der Waals surface area (Å²) < 4.78 is 2.16. The van der Waals surface area contributed by atoms with Crippen molar-refractivity contribution in [3.05, 3.63) is 42.5 Å². The minimum Gasteiger partial charge on any atom is -0.399 e. The molecule has 1 amide bonds. The number of aromatic nitrogens is 2. The van der Waals surface area contributed by atoms with Gasteiger partial charge < -0.3 is 15.6 Å². The van der Waals surface area contributed by atoms with Crippen LogP contribution in [0.4, 0.5) is 11.4 Å². The molecule has 0 radical (unpaired) electrons. The standard InChI is InChI=1S/C15H19N5O/c16-12-1-3-13(4-2-12)18-15(21)5-7-19-9-10-20-8-6-17-14(20)11-19/h1-4,6,8H,5,7,9-11,16H2,(H,18,21). The Bertz CT molecular complexity index is 619. The second-order valence-corrected chi connectivity index (χ2v) is 5.23. The molecule has 3 rings (SSSR count). The number of amides is 1. The van der Waals surface area contributed by atoms with Gasteiger partial charge in [0.2, 0.25) is 5.91 Å². The van der Waals surface area contributed by atoms with E-state index in [4.69, 9.17) is 5.73 Å². The van der Waals surface area contributed by atoms with Gasteiger partial charge in [-0.05, 0) is 24.3 Å². The van der Waals surface area contributed by atoms with Gasteiger partial charge in [-0.25, -0.2) is 4.98 Å². The molecule has 1 aromatic carbocycles. The van der Waals surface area contributed by atoms with E-state index >= 15 is 0 Å². The molecule has 6 heteroatoms. The highest BCUT2D eigenvalue weighted by Gasteiger charge is 2.17. The first-order valence-electron chi connectivity index (χ1n) is 7.08.